The van der Waals surface area contributed by atoms with Crippen LogP contribution in [0.25, 0.3) is 10.8 Å². The summed E-state index contributed by atoms with van der Waals surface area (Å²) in [5.41, 5.74) is 0. The molecule has 2 unspecified atom stereocenters. The molecule has 18 heavy (non-hydrogen) atoms. The maximum atomic E-state index is 12.1. The summed E-state index contributed by atoms with van der Waals surface area (Å²) in [5.74, 6) is 0.481. The minimum Gasteiger partial charge on any atom is -0.250 e. The molecule has 2 heteroatoms. The molecule has 0 aliphatic carbocycles. The van der Waals surface area contributed by atoms with Crippen LogP contribution in [0.3, 0.4) is 0 Å². The van der Waals surface area contributed by atoms with Crippen LogP contribution in [0.5, 0.6) is 0 Å². The van der Waals surface area contributed by atoms with E-state index in [1.54, 1.807) is 5.41 Å². The van der Waals surface area contributed by atoms with E-state index in [1.807, 2.05) is 36.4 Å². The van der Waals surface area contributed by atoms with Crippen LogP contribution in [-0.2, 0) is 10.8 Å². The number of allylic oxidation sites excluding steroid dienone is 1. The molecule has 2 aromatic carbocycles. The van der Waals surface area contributed by atoms with Gasteiger partial charge in [-0.3, -0.25) is 0 Å². The third kappa shape index (κ3) is 3.08. The van der Waals surface area contributed by atoms with E-state index in [4.69, 9.17) is 0 Å². The van der Waals surface area contributed by atoms with Gasteiger partial charge in [0.05, 0.1) is 10.8 Å². The highest BCUT2D eigenvalue weighted by molar-refractivity contribution is 7.88. The van der Waals surface area contributed by atoms with Crippen LogP contribution in [0.2, 0.25) is 0 Å². The normalized spacial score (nSPS) is 15.0. The lowest BCUT2D eigenvalue weighted by atomic mass is 10.1. The number of benzene rings is 2. The Hall–Kier alpha value is -1.41. The molecule has 0 fully saturated rings. The molecular formula is C16H18OS. The molecule has 0 aliphatic heterocycles. The second-order valence-corrected chi connectivity index (χ2v) is 5.86. The fourth-order valence-corrected chi connectivity index (χ4v) is 2.73. The van der Waals surface area contributed by atoms with Gasteiger partial charge < -0.3 is 0 Å². The lowest BCUT2D eigenvalue weighted by molar-refractivity contribution is 0.684. The van der Waals surface area contributed by atoms with E-state index in [0.29, 0.717) is 5.92 Å². The van der Waals surface area contributed by atoms with Crippen molar-refractivity contribution in [2.45, 2.75) is 25.2 Å². The van der Waals surface area contributed by atoms with E-state index in [0.717, 1.165) is 16.7 Å². The van der Waals surface area contributed by atoms with E-state index < -0.39 is 10.8 Å². The first-order valence-electron chi connectivity index (χ1n) is 6.28. The lowest BCUT2D eigenvalue weighted by Gasteiger charge is -2.02. The molecule has 0 aliphatic rings. The Morgan fingerprint density at radius 2 is 1.89 bits per heavy atom. The summed E-state index contributed by atoms with van der Waals surface area (Å²) in [5, 5.41) is 4.13. The molecule has 0 bridgehead atoms. The molecule has 0 spiro atoms. The molecule has 94 valence electrons. The first kappa shape index (κ1) is 13.0. The molecule has 2 aromatic rings. The predicted molar refractivity (Wildman–Crippen MR) is 79.0 cm³/mol. The SMILES string of the molecule is CCC(C)/C=C\S(=O)c1ccc2ccccc2c1. The van der Waals surface area contributed by atoms with E-state index in [-0.39, 0.29) is 0 Å². The van der Waals surface area contributed by atoms with Gasteiger partial charge in [0, 0.05) is 10.3 Å². The Kier molecular flexibility index (Phi) is 4.32. The predicted octanol–water partition coefficient (Wildman–Crippen LogP) is 4.51. The summed E-state index contributed by atoms with van der Waals surface area (Å²) in [6.45, 7) is 4.27. The fourth-order valence-electron chi connectivity index (χ4n) is 1.71. The van der Waals surface area contributed by atoms with Crippen molar-refractivity contribution in [3.05, 3.63) is 53.9 Å². The Labute approximate surface area is 111 Å². The van der Waals surface area contributed by atoms with Crippen LogP contribution < -0.4 is 0 Å². The maximum absolute atomic E-state index is 12.1. The first-order chi connectivity index (χ1) is 8.70. The Morgan fingerprint density at radius 1 is 1.17 bits per heavy atom. The van der Waals surface area contributed by atoms with Crippen molar-refractivity contribution in [2.75, 3.05) is 0 Å². The Balaban J connectivity index is 2.25. The zero-order valence-electron chi connectivity index (χ0n) is 10.8. The third-order valence-electron chi connectivity index (χ3n) is 3.13. The molecule has 2 rings (SSSR count). The quantitative estimate of drug-likeness (QED) is 0.788. The highest BCUT2D eigenvalue weighted by Gasteiger charge is 2.02. The van der Waals surface area contributed by atoms with Crippen molar-refractivity contribution < 1.29 is 4.21 Å². The number of hydrogen-bond donors (Lipinski definition) is 0. The third-order valence-corrected chi connectivity index (χ3v) is 4.25. The molecule has 0 radical (unpaired) electrons. The van der Waals surface area contributed by atoms with Gasteiger partial charge in [0.25, 0.3) is 0 Å². The van der Waals surface area contributed by atoms with Crippen molar-refractivity contribution >= 4 is 21.6 Å². The van der Waals surface area contributed by atoms with Gasteiger partial charge in [0.15, 0.2) is 0 Å². The van der Waals surface area contributed by atoms with E-state index in [2.05, 4.69) is 26.0 Å². The van der Waals surface area contributed by atoms with E-state index in [9.17, 15) is 4.21 Å². The van der Waals surface area contributed by atoms with Gasteiger partial charge >= 0.3 is 0 Å². The minimum absolute atomic E-state index is 0.481. The molecule has 1 nitrogen and oxygen atoms in total. The van der Waals surface area contributed by atoms with Gasteiger partial charge in [-0.1, -0.05) is 56.7 Å². The van der Waals surface area contributed by atoms with Crippen molar-refractivity contribution in [1.82, 2.24) is 0 Å². The molecule has 0 saturated carbocycles. The van der Waals surface area contributed by atoms with Gasteiger partial charge in [-0.2, -0.15) is 0 Å². The molecule has 0 heterocycles. The topological polar surface area (TPSA) is 17.1 Å². The van der Waals surface area contributed by atoms with Gasteiger partial charge in [-0.05, 0) is 28.8 Å². The molecule has 0 saturated heterocycles. The monoisotopic (exact) mass is 258 g/mol. The lowest BCUT2D eigenvalue weighted by Crippen LogP contribution is -1.90. The maximum Gasteiger partial charge on any atom is 0.0773 e. The van der Waals surface area contributed by atoms with E-state index >= 15 is 0 Å². The molecule has 0 N–H and O–H groups in total. The van der Waals surface area contributed by atoms with Crippen LogP contribution in [0.15, 0.2) is 58.8 Å². The minimum atomic E-state index is -1.04. The largest absolute Gasteiger partial charge is 0.250 e. The molecular weight excluding hydrogens is 240 g/mol. The van der Waals surface area contributed by atoms with Crippen LogP contribution >= 0.6 is 0 Å². The van der Waals surface area contributed by atoms with Crippen LogP contribution in [-0.4, -0.2) is 4.21 Å². The average molecular weight is 258 g/mol. The highest BCUT2D eigenvalue weighted by atomic mass is 32.2. The second-order valence-electron chi connectivity index (χ2n) is 4.52. The van der Waals surface area contributed by atoms with Crippen LogP contribution in [0.4, 0.5) is 0 Å². The van der Waals surface area contributed by atoms with Gasteiger partial charge in [-0.25, -0.2) is 4.21 Å². The van der Waals surface area contributed by atoms with Crippen molar-refractivity contribution in [3.8, 4) is 0 Å². The van der Waals surface area contributed by atoms with Crippen LogP contribution in [0.1, 0.15) is 20.3 Å². The van der Waals surface area contributed by atoms with Crippen molar-refractivity contribution in [3.63, 3.8) is 0 Å². The summed E-state index contributed by atoms with van der Waals surface area (Å²) in [7, 11) is -1.04. The average Bonchev–Trinajstić information content (AvgIpc) is 2.43. The van der Waals surface area contributed by atoms with Crippen molar-refractivity contribution in [2.24, 2.45) is 5.92 Å². The highest BCUT2D eigenvalue weighted by Crippen LogP contribution is 2.18. The van der Waals surface area contributed by atoms with E-state index in [1.165, 1.54) is 5.39 Å². The summed E-state index contributed by atoms with van der Waals surface area (Å²) >= 11 is 0. The van der Waals surface area contributed by atoms with Gasteiger partial charge in [0.2, 0.25) is 0 Å². The number of rotatable bonds is 4. The van der Waals surface area contributed by atoms with Crippen LogP contribution in [0, 0.1) is 5.92 Å². The smallest absolute Gasteiger partial charge is 0.0773 e. The summed E-state index contributed by atoms with van der Waals surface area (Å²) < 4.78 is 12.1. The molecule has 0 aromatic heterocycles. The van der Waals surface area contributed by atoms with Crippen molar-refractivity contribution in [1.29, 1.82) is 0 Å². The molecule has 2 atom stereocenters. The zero-order chi connectivity index (χ0) is 13.0. The number of hydrogen-bond acceptors (Lipinski definition) is 1. The number of fused-ring (bicyclic) bond motifs is 1. The van der Waals surface area contributed by atoms with Gasteiger partial charge in [0.1, 0.15) is 0 Å². The summed E-state index contributed by atoms with van der Waals surface area (Å²) in [4.78, 5) is 0.869. The summed E-state index contributed by atoms with van der Waals surface area (Å²) in [6, 6.07) is 14.1. The second kappa shape index (κ2) is 5.96. The standard InChI is InChI=1S/C16H18OS/c1-3-13(2)10-11-18(17)16-9-8-14-6-4-5-7-15(14)12-16/h4-13H,3H2,1-2H3/b11-10-. The fraction of sp³-hybridized carbons (Fsp3) is 0.250. The summed E-state index contributed by atoms with van der Waals surface area (Å²) in [6.07, 6.45) is 3.11. The van der Waals surface area contributed by atoms with Gasteiger partial charge in [-0.15, -0.1) is 0 Å². The first-order valence-corrected chi connectivity index (χ1v) is 7.49. The Bertz CT molecular complexity index is 586. The zero-order valence-corrected chi connectivity index (χ0v) is 11.6. The molecule has 0 amide bonds. The Morgan fingerprint density at radius 3 is 2.61 bits per heavy atom.